The Hall–Kier alpha value is -1.83. The fourth-order valence-corrected chi connectivity index (χ4v) is 1.70. The van der Waals surface area contributed by atoms with Gasteiger partial charge in [0.05, 0.1) is 12.7 Å². The molecule has 0 aliphatic heterocycles. The van der Waals surface area contributed by atoms with Gasteiger partial charge < -0.3 is 25.2 Å². The van der Waals surface area contributed by atoms with Crippen molar-refractivity contribution in [3.05, 3.63) is 0 Å². The van der Waals surface area contributed by atoms with Crippen LogP contribution in [0.25, 0.3) is 0 Å². The van der Waals surface area contributed by atoms with Gasteiger partial charge in [-0.15, -0.1) is 0 Å². The molecule has 20 heavy (non-hydrogen) atoms. The minimum atomic E-state index is -1.41. The predicted octanol–water partition coefficient (Wildman–Crippen LogP) is -0.442. The molecule has 1 rings (SSSR count). The number of esters is 1. The molecule has 1 aliphatic carbocycles. The minimum absolute atomic E-state index is 0.0807. The van der Waals surface area contributed by atoms with Crippen LogP contribution in [0, 0.1) is 0 Å². The number of carboxylic acids is 1. The number of aliphatic hydroxyl groups is 1. The van der Waals surface area contributed by atoms with E-state index in [0.29, 0.717) is 0 Å². The summed E-state index contributed by atoms with van der Waals surface area (Å²) in [7, 11) is 0. The van der Waals surface area contributed by atoms with Gasteiger partial charge in [0, 0.05) is 6.04 Å². The summed E-state index contributed by atoms with van der Waals surface area (Å²) >= 11 is 0. The van der Waals surface area contributed by atoms with Crippen molar-refractivity contribution in [2.75, 3.05) is 13.2 Å². The van der Waals surface area contributed by atoms with Crippen LogP contribution in [0.5, 0.6) is 0 Å². The molecule has 0 spiro atoms. The van der Waals surface area contributed by atoms with E-state index in [1.165, 1.54) is 11.8 Å². The Kier molecular flexibility index (Phi) is 5.75. The monoisotopic (exact) mass is 288 g/mol. The molecule has 0 aromatic rings. The summed E-state index contributed by atoms with van der Waals surface area (Å²) in [5, 5.41) is 20.5. The van der Waals surface area contributed by atoms with Gasteiger partial charge in [-0.25, -0.2) is 9.59 Å². The van der Waals surface area contributed by atoms with Crippen LogP contribution in [0.4, 0.5) is 4.79 Å². The lowest BCUT2D eigenvalue weighted by atomic mass is 10.2. The van der Waals surface area contributed by atoms with Crippen LogP contribution in [0.15, 0.2) is 0 Å². The highest BCUT2D eigenvalue weighted by atomic mass is 16.5. The average Bonchev–Trinajstić information content (AvgIpc) is 3.16. The number of amides is 2. The third-order valence-corrected chi connectivity index (χ3v) is 2.88. The Morgan fingerprint density at radius 2 is 2.00 bits per heavy atom. The second kappa shape index (κ2) is 7.09. The lowest BCUT2D eigenvalue weighted by Crippen LogP contribution is -2.53. The Labute approximate surface area is 116 Å². The highest BCUT2D eigenvalue weighted by Crippen LogP contribution is 2.26. The maximum atomic E-state index is 12.0. The highest BCUT2D eigenvalue weighted by molar-refractivity contribution is 5.85. The molecule has 0 bridgehead atoms. The molecule has 8 heteroatoms. The van der Waals surface area contributed by atoms with Crippen molar-refractivity contribution in [1.82, 2.24) is 10.2 Å². The number of rotatable bonds is 7. The molecule has 0 saturated heterocycles. The molecule has 2 amide bonds. The van der Waals surface area contributed by atoms with E-state index in [9.17, 15) is 19.5 Å². The average molecular weight is 288 g/mol. The summed E-state index contributed by atoms with van der Waals surface area (Å²) in [6.07, 6.45) is 0.290. The second-order valence-corrected chi connectivity index (χ2v) is 4.67. The highest BCUT2D eigenvalue weighted by Gasteiger charge is 2.36. The molecular weight excluding hydrogens is 268 g/mol. The first-order valence-corrected chi connectivity index (χ1v) is 6.50. The van der Waals surface area contributed by atoms with Crippen molar-refractivity contribution in [3.8, 4) is 0 Å². The maximum absolute atomic E-state index is 12.0. The number of carbonyl (C=O) groups is 3. The van der Waals surface area contributed by atoms with Gasteiger partial charge in [-0.05, 0) is 26.7 Å². The number of aliphatic carboxylic acids is 1. The van der Waals surface area contributed by atoms with E-state index in [4.69, 9.17) is 9.84 Å². The van der Waals surface area contributed by atoms with Crippen LogP contribution < -0.4 is 5.32 Å². The van der Waals surface area contributed by atoms with Crippen molar-refractivity contribution in [3.63, 3.8) is 0 Å². The Morgan fingerprint density at radius 3 is 2.40 bits per heavy atom. The van der Waals surface area contributed by atoms with E-state index in [0.717, 1.165) is 12.8 Å². The summed E-state index contributed by atoms with van der Waals surface area (Å²) in [5.41, 5.74) is 0. The lowest BCUT2D eigenvalue weighted by Gasteiger charge is -2.25. The number of hydrogen-bond donors (Lipinski definition) is 3. The maximum Gasteiger partial charge on any atom is 0.328 e. The van der Waals surface area contributed by atoms with Crippen molar-refractivity contribution in [2.24, 2.45) is 0 Å². The van der Waals surface area contributed by atoms with Crippen molar-refractivity contribution in [1.29, 1.82) is 0 Å². The number of nitrogens with one attached hydrogen (secondary N) is 1. The van der Waals surface area contributed by atoms with Gasteiger partial charge in [0.1, 0.15) is 6.54 Å². The number of hydrogen-bond acceptors (Lipinski definition) is 5. The first-order valence-electron chi connectivity index (χ1n) is 6.50. The summed E-state index contributed by atoms with van der Waals surface area (Å²) in [5.74, 6) is -1.88. The van der Waals surface area contributed by atoms with Crippen LogP contribution >= 0.6 is 0 Å². The minimum Gasteiger partial charge on any atom is -0.480 e. The summed E-state index contributed by atoms with van der Waals surface area (Å²) in [4.78, 5) is 35.6. The Morgan fingerprint density at radius 1 is 1.40 bits per heavy atom. The molecule has 2 atom stereocenters. The third-order valence-electron chi connectivity index (χ3n) is 2.88. The van der Waals surface area contributed by atoms with Gasteiger partial charge in [-0.3, -0.25) is 4.79 Å². The van der Waals surface area contributed by atoms with Crippen LogP contribution in [-0.2, 0) is 14.3 Å². The van der Waals surface area contributed by atoms with E-state index in [1.54, 1.807) is 6.92 Å². The molecular formula is C12H20N2O6. The fraction of sp³-hybridized carbons (Fsp3) is 0.750. The van der Waals surface area contributed by atoms with Crippen LogP contribution in [-0.4, -0.2) is 64.4 Å². The lowest BCUT2D eigenvalue weighted by molar-refractivity contribution is -0.143. The van der Waals surface area contributed by atoms with Crippen molar-refractivity contribution < 1.29 is 29.3 Å². The summed E-state index contributed by atoms with van der Waals surface area (Å²) < 4.78 is 4.77. The molecule has 0 heterocycles. The molecule has 1 fully saturated rings. The topological polar surface area (TPSA) is 116 Å². The molecule has 1 saturated carbocycles. The van der Waals surface area contributed by atoms with E-state index in [-0.39, 0.29) is 19.2 Å². The second-order valence-electron chi connectivity index (χ2n) is 4.67. The van der Waals surface area contributed by atoms with Crippen LogP contribution in [0.2, 0.25) is 0 Å². The van der Waals surface area contributed by atoms with Crippen LogP contribution in [0.3, 0.4) is 0 Å². The van der Waals surface area contributed by atoms with E-state index < -0.39 is 30.1 Å². The molecule has 0 aromatic carbocycles. The molecule has 0 aromatic heterocycles. The smallest absolute Gasteiger partial charge is 0.328 e. The zero-order valence-corrected chi connectivity index (χ0v) is 11.5. The summed E-state index contributed by atoms with van der Waals surface area (Å²) in [6, 6.07) is -2.18. The standard InChI is InChI=1S/C12H20N2O6/c1-3-20-9(16)6-14(8-4-5-8)12(19)13-10(7(2)15)11(17)18/h7-8,10,15H,3-6H2,1-2H3,(H,13,19)(H,17,18). The molecule has 1 aliphatic rings. The van der Waals surface area contributed by atoms with E-state index in [1.807, 2.05) is 0 Å². The van der Waals surface area contributed by atoms with E-state index in [2.05, 4.69) is 5.32 Å². The SMILES string of the molecule is CCOC(=O)CN(C(=O)NC(C(=O)O)C(C)O)C1CC1. The number of urea groups is 1. The molecule has 0 radical (unpaired) electrons. The third kappa shape index (κ3) is 4.69. The zero-order chi connectivity index (χ0) is 15.3. The summed E-state index contributed by atoms with van der Waals surface area (Å²) in [6.45, 7) is 2.92. The molecule has 114 valence electrons. The quantitative estimate of drug-likeness (QED) is 0.547. The van der Waals surface area contributed by atoms with Gasteiger partial charge in [0.2, 0.25) is 0 Å². The van der Waals surface area contributed by atoms with Crippen molar-refractivity contribution in [2.45, 2.75) is 44.9 Å². The van der Waals surface area contributed by atoms with Crippen molar-refractivity contribution >= 4 is 18.0 Å². The number of aliphatic hydroxyl groups excluding tert-OH is 1. The molecule has 3 N–H and O–H groups in total. The number of nitrogens with zero attached hydrogens (tertiary/aromatic N) is 1. The van der Waals surface area contributed by atoms with Gasteiger partial charge in [-0.1, -0.05) is 0 Å². The first-order chi connectivity index (χ1) is 9.36. The first kappa shape index (κ1) is 16.2. The number of carbonyl (C=O) groups excluding carboxylic acids is 2. The fourth-order valence-electron chi connectivity index (χ4n) is 1.70. The van der Waals surface area contributed by atoms with Gasteiger partial charge in [-0.2, -0.15) is 0 Å². The Balaban J connectivity index is 2.64. The normalized spacial score (nSPS) is 16.9. The number of carboxylic acid groups (broad SMARTS) is 1. The Bertz CT molecular complexity index is 380. The predicted molar refractivity (Wildman–Crippen MR) is 68.0 cm³/mol. The van der Waals surface area contributed by atoms with E-state index >= 15 is 0 Å². The molecule has 2 unspecified atom stereocenters. The number of ether oxygens (including phenoxy) is 1. The largest absolute Gasteiger partial charge is 0.480 e. The zero-order valence-electron chi connectivity index (χ0n) is 11.5. The van der Waals surface area contributed by atoms with Gasteiger partial charge in [0.25, 0.3) is 0 Å². The molecule has 8 nitrogen and oxygen atoms in total. The van der Waals surface area contributed by atoms with Crippen LogP contribution in [0.1, 0.15) is 26.7 Å². The van der Waals surface area contributed by atoms with Gasteiger partial charge >= 0.3 is 18.0 Å². The van der Waals surface area contributed by atoms with Gasteiger partial charge in [0.15, 0.2) is 6.04 Å².